The van der Waals surface area contributed by atoms with Crippen LogP contribution in [0.25, 0.3) is 0 Å². The van der Waals surface area contributed by atoms with Crippen LogP contribution >= 0.6 is 0 Å². The molecule has 2 rings (SSSR count). The van der Waals surface area contributed by atoms with Gasteiger partial charge in [-0.2, -0.15) is 10.4 Å². The average Bonchev–Trinajstić information content (AvgIpc) is 2.98. The Hall–Kier alpha value is -2.99. The van der Waals surface area contributed by atoms with Crippen molar-refractivity contribution in [1.82, 2.24) is 14.3 Å². The topological polar surface area (TPSA) is 118 Å². The van der Waals surface area contributed by atoms with Gasteiger partial charge >= 0.3 is 0 Å². The number of nitrogens with zero attached hydrogens (tertiary/aromatic N) is 6. The van der Waals surface area contributed by atoms with E-state index in [1.54, 1.807) is 13.0 Å². The predicted molar refractivity (Wildman–Crippen MR) is 99.7 cm³/mol. The van der Waals surface area contributed by atoms with Crippen LogP contribution in [0.5, 0.6) is 5.88 Å². The smallest absolute Gasteiger partial charge is 0.281 e. The Kier molecular flexibility index (Phi) is 6.85. The van der Waals surface area contributed by atoms with E-state index < -0.39 is 5.56 Å². The Morgan fingerprint density at radius 3 is 2.67 bits per heavy atom. The summed E-state index contributed by atoms with van der Waals surface area (Å²) in [6.45, 7) is 8.95. The van der Waals surface area contributed by atoms with Crippen LogP contribution in [0.4, 0.5) is 11.5 Å². The minimum absolute atomic E-state index is 0.00328. The molecule has 27 heavy (non-hydrogen) atoms. The van der Waals surface area contributed by atoms with Crippen molar-refractivity contribution < 1.29 is 9.84 Å². The van der Waals surface area contributed by atoms with Crippen LogP contribution in [0.1, 0.15) is 37.1 Å². The first-order valence-corrected chi connectivity index (χ1v) is 8.84. The summed E-state index contributed by atoms with van der Waals surface area (Å²) in [6.07, 6.45) is 0.937. The number of nitriles is 1. The standard InChI is InChI=1S/C18H24N6O3/c1-5-7-24-12(3)10-15(22-24)20-21-16-13(4)14(11-19)17(25)23(18(16)26)8-9-27-6-2/h10,25H,5-9H2,1-4H3. The first-order valence-electron chi connectivity index (χ1n) is 8.84. The number of hydrogen-bond acceptors (Lipinski definition) is 7. The van der Waals surface area contributed by atoms with E-state index in [4.69, 9.17) is 4.74 Å². The molecule has 0 aromatic carbocycles. The van der Waals surface area contributed by atoms with E-state index in [2.05, 4.69) is 22.3 Å². The van der Waals surface area contributed by atoms with Crippen molar-refractivity contribution in [2.75, 3.05) is 13.2 Å². The molecule has 9 heteroatoms. The lowest BCUT2D eigenvalue weighted by atomic mass is 10.1. The number of ether oxygens (including phenoxy) is 1. The Morgan fingerprint density at radius 1 is 1.30 bits per heavy atom. The lowest BCUT2D eigenvalue weighted by molar-refractivity contribution is 0.136. The van der Waals surface area contributed by atoms with Gasteiger partial charge < -0.3 is 9.84 Å². The van der Waals surface area contributed by atoms with E-state index in [1.165, 1.54) is 0 Å². The molecule has 0 aliphatic heterocycles. The summed E-state index contributed by atoms with van der Waals surface area (Å²) in [5.41, 5.74) is 0.689. The van der Waals surface area contributed by atoms with Gasteiger partial charge in [0.1, 0.15) is 11.6 Å². The summed E-state index contributed by atoms with van der Waals surface area (Å²) in [4.78, 5) is 12.7. The number of pyridine rings is 1. The summed E-state index contributed by atoms with van der Waals surface area (Å²) < 4.78 is 8.14. The van der Waals surface area contributed by atoms with Gasteiger partial charge in [0.25, 0.3) is 5.56 Å². The third-order valence-electron chi connectivity index (χ3n) is 4.09. The third kappa shape index (κ3) is 4.41. The fourth-order valence-corrected chi connectivity index (χ4v) is 2.65. The maximum Gasteiger partial charge on any atom is 0.281 e. The van der Waals surface area contributed by atoms with E-state index >= 15 is 0 Å². The van der Waals surface area contributed by atoms with Gasteiger partial charge in [0, 0.05) is 30.5 Å². The van der Waals surface area contributed by atoms with E-state index in [0.717, 1.165) is 23.2 Å². The molecule has 0 aliphatic carbocycles. The van der Waals surface area contributed by atoms with Gasteiger partial charge in [-0.05, 0) is 27.2 Å². The lowest BCUT2D eigenvalue weighted by Gasteiger charge is -2.12. The monoisotopic (exact) mass is 372 g/mol. The zero-order valence-corrected chi connectivity index (χ0v) is 16.1. The summed E-state index contributed by atoms with van der Waals surface area (Å²) in [6, 6.07) is 3.69. The molecule has 1 N–H and O–H groups in total. The maximum atomic E-state index is 12.7. The minimum Gasteiger partial charge on any atom is -0.493 e. The number of azo groups is 1. The highest BCUT2D eigenvalue weighted by molar-refractivity contribution is 5.56. The molecular weight excluding hydrogens is 348 g/mol. The highest BCUT2D eigenvalue weighted by Gasteiger charge is 2.19. The maximum absolute atomic E-state index is 12.7. The molecule has 0 radical (unpaired) electrons. The average molecular weight is 372 g/mol. The van der Waals surface area contributed by atoms with E-state index in [9.17, 15) is 15.2 Å². The van der Waals surface area contributed by atoms with Gasteiger partial charge in [0.15, 0.2) is 11.5 Å². The molecule has 0 amide bonds. The van der Waals surface area contributed by atoms with Crippen molar-refractivity contribution in [3.8, 4) is 11.9 Å². The Morgan fingerprint density at radius 2 is 2.04 bits per heavy atom. The number of aromatic nitrogens is 3. The van der Waals surface area contributed by atoms with Crippen LogP contribution in [-0.2, 0) is 17.8 Å². The largest absolute Gasteiger partial charge is 0.493 e. The molecule has 0 aliphatic rings. The van der Waals surface area contributed by atoms with Crippen molar-refractivity contribution in [3.63, 3.8) is 0 Å². The number of hydrogen-bond donors (Lipinski definition) is 1. The second-order valence-electron chi connectivity index (χ2n) is 6.00. The molecule has 0 unspecified atom stereocenters. The predicted octanol–water partition coefficient (Wildman–Crippen LogP) is 3.10. The molecule has 2 aromatic heterocycles. The normalized spacial score (nSPS) is 11.2. The van der Waals surface area contributed by atoms with Gasteiger partial charge in [0.05, 0.1) is 13.2 Å². The second-order valence-corrected chi connectivity index (χ2v) is 6.00. The molecule has 0 saturated carbocycles. The van der Waals surface area contributed by atoms with Gasteiger partial charge in [-0.25, -0.2) is 0 Å². The number of aromatic hydroxyl groups is 1. The van der Waals surface area contributed by atoms with Gasteiger partial charge in [-0.3, -0.25) is 14.0 Å². The van der Waals surface area contributed by atoms with Crippen molar-refractivity contribution in [3.05, 3.63) is 33.2 Å². The summed E-state index contributed by atoms with van der Waals surface area (Å²) in [5.74, 6) is -0.00563. The summed E-state index contributed by atoms with van der Waals surface area (Å²) in [7, 11) is 0. The molecule has 9 nitrogen and oxygen atoms in total. The molecule has 2 heterocycles. The lowest BCUT2D eigenvalue weighted by Crippen LogP contribution is -2.24. The SMILES string of the molecule is CCCn1nc(N=Nc2c(C)c(C#N)c(O)n(CCOCC)c2=O)cc1C. The molecule has 0 bridgehead atoms. The zero-order chi connectivity index (χ0) is 20.0. The number of rotatable bonds is 8. The minimum atomic E-state index is -0.530. The first kappa shape index (κ1) is 20.3. The molecular formula is C18H24N6O3. The van der Waals surface area contributed by atoms with Crippen LogP contribution < -0.4 is 5.56 Å². The van der Waals surface area contributed by atoms with Crippen molar-refractivity contribution in [2.24, 2.45) is 10.2 Å². The Balaban J connectivity index is 2.46. The highest BCUT2D eigenvalue weighted by Crippen LogP contribution is 2.26. The van der Waals surface area contributed by atoms with Crippen molar-refractivity contribution in [2.45, 2.75) is 47.2 Å². The van der Waals surface area contributed by atoms with Crippen molar-refractivity contribution >= 4 is 11.5 Å². The quantitative estimate of drug-likeness (QED) is 0.564. The van der Waals surface area contributed by atoms with Gasteiger partial charge in [-0.15, -0.1) is 10.2 Å². The highest BCUT2D eigenvalue weighted by atomic mass is 16.5. The fourth-order valence-electron chi connectivity index (χ4n) is 2.65. The Bertz CT molecular complexity index is 936. The van der Waals surface area contributed by atoms with E-state index in [1.807, 2.05) is 24.6 Å². The molecule has 0 atom stereocenters. The van der Waals surface area contributed by atoms with Crippen LogP contribution in [-0.4, -0.2) is 32.7 Å². The zero-order valence-electron chi connectivity index (χ0n) is 16.1. The molecule has 0 saturated heterocycles. The first-order chi connectivity index (χ1) is 12.9. The van der Waals surface area contributed by atoms with E-state index in [0.29, 0.717) is 12.4 Å². The molecule has 0 fully saturated rings. The molecule has 2 aromatic rings. The van der Waals surface area contributed by atoms with Gasteiger partial charge in [-0.1, -0.05) is 6.92 Å². The Labute approximate surface area is 157 Å². The third-order valence-corrected chi connectivity index (χ3v) is 4.09. The number of aryl methyl sites for hydroxylation is 2. The summed E-state index contributed by atoms with van der Waals surface area (Å²) >= 11 is 0. The van der Waals surface area contributed by atoms with Crippen LogP contribution in [0, 0.1) is 25.2 Å². The summed E-state index contributed by atoms with van der Waals surface area (Å²) in [5, 5.41) is 32.0. The second kappa shape index (κ2) is 9.09. The fraction of sp³-hybridized carbons (Fsp3) is 0.500. The molecule has 0 spiro atoms. The van der Waals surface area contributed by atoms with Gasteiger partial charge in [0.2, 0.25) is 5.88 Å². The van der Waals surface area contributed by atoms with Crippen LogP contribution in [0.15, 0.2) is 21.1 Å². The van der Waals surface area contributed by atoms with Crippen LogP contribution in [0.3, 0.4) is 0 Å². The van der Waals surface area contributed by atoms with Crippen molar-refractivity contribution in [1.29, 1.82) is 5.26 Å². The van der Waals surface area contributed by atoms with E-state index in [-0.39, 0.29) is 35.8 Å². The van der Waals surface area contributed by atoms with Crippen LogP contribution in [0.2, 0.25) is 0 Å². The molecule has 144 valence electrons.